The van der Waals surface area contributed by atoms with Crippen LogP contribution in [0.25, 0.3) is 11.5 Å². The van der Waals surface area contributed by atoms with Crippen LogP contribution in [0.1, 0.15) is 36.7 Å². The number of carbonyl (C=O) groups excluding carboxylic acids is 1. The normalized spacial score (nSPS) is 11.7. The number of hydrogen-bond acceptors (Lipinski definition) is 4. The SMILES string of the molecule is CC(C)(C)c1ccc(C(=O)Nc2cn3nc(-n4cccn4)ccc3n2)cc1. The number of aromatic nitrogens is 5. The van der Waals surface area contributed by atoms with Crippen LogP contribution >= 0.6 is 0 Å². The first-order valence-electron chi connectivity index (χ1n) is 8.68. The average molecular weight is 360 g/mol. The molecule has 0 aliphatic heterocycles. The minimum Gasteiger partial charge on any atom is -0.305 e. The number of benzene rings is 1. The van der Waals surface area contributed by atoms with Gasteiger partial charge in [0.25, 0.3) is 5.91 Å². The predicted molar refractivity (Wildman–Crippen MR) is 103 cm³/mol. The first-order chi connectivity index (χ1) is 12.9. The molecule has 0 atom stereocenters. The first-order valence-corrected chi connectivity index (χ1v) is 8.68. The van der Waals surface area contributed by atoms with E-state index < -0.39 is 0 Å². The van der Waals surface area contributed by atoms with E-state index in [1.807, 2.05) is 48.7 Å². The molecular weight excluding hydrogens is 340 g/mol. The Kier molecular flexibility index (Phi) is 3.99. The van der Waals surface area contributed by atoms with E-state index in [2.05, 4.69) is 41.3 Å². The van der Waals surface area contributed by atoms with Crippen LogP contribution in [0, 0.1) is 0 Å². The van der Waals surface area contributed by atoms with Gasteiger partial charge >= 0.3 is 0 Å². The molecule has 27 heavy (non-hydrogen) atoms. The Morgan fingerprint density at radius 1 is 1.07 bits per heavy atom. The van der Waals surface area contributed by atoms with E-state index in [4.69, 9.17) is 0 Å². The van der Waals surface area contributed by atoms with Crippen LogP contribution in [0.4, 0.5) is 5.82 Å². The summed E-state index contributed by atoms with van der Waals surface area (Å²) in [5.74, 6) is 0.914. The number of anilines is 1. The maximum Gasteiger partial charge on any atom is 0.256 e. The lowest BCUT2D eigenvalue weighted by molar-refractivity contribution is 0.102. The highest BCUT2D eigenvalue weighted by Gasteiger charge is 2.15. The molecule has 1 amide bonds. The molecular formula is C20H20N6O. The van der Waals surface area contributed by atoms with Crippen molar-refractivity contribution in [2.24, 2.45) is 0 Å². The third kappa shape index (κ3) is 3.44. The summed E-state index contributed by atoms with van der Waals surface area (Å²) in [5.41, 5.74) is 2.46. The van der Waals surface area contributed by atoms with E-state index in [0.717, 1.165) is 0 Å². The largest absolute Gasteiger partial charge is 0.305 e. The van der Waals surface area contributed by atoms with Gasteiger partial charge in [-0.1, -0.05) is 32.9 Å². The first kappa shape index (κ1) is 17.0. The number of rotatable bonds is 3. The molecule has 7 heteroatoms. The van der Waals surface area contributed by atoms with Crippen molar-refractivity contribution in [3.05, 3.63) is 72.2 Å². The topological polar surface area (TPSA) is 77.1 Å². The summed E-state index contributed by atoms with van der Waals surface area (Å²) < 4.78 is 3.28. The Morgan fingerprint density at radius 2 is 1.85 bits per heavy atom. The zero-order chi connectivity index (χ0) is 19.0. The van der Waals surface area contributed by atoms with Gasteiger partial charge < -0.3 is 5.32 Å². The van der Waals surface area contributed by atoms with Crippen molar-refractivity contribution in [3.63, 3.8) is 0 Å². The molecule has 0 bridgehead atoms. The highest BCUT2D eigenvalue weighted by molar-refractivity contribution is 6.03. The van der Waals surface area contributed by atoms with Crippen molar-refractivity contribution in [2.75, 3.05) is 5.32 Å². The number of hydrogen-bond donors (Lipinski definition) is 1. The summed E-state index contributed by atoms with van der Waals surface area (Å²) in [6, 6.07) is 13.1. The number of nitrogens with zero attached hydrogens (tertiary/aromatic N) is 5. The van der Waals surface area contributed by atoms with Crippen molar-refractivity contribution in [2.45, 2.75) is 26.2 Å². The zero-order valence-electron chi connectivity index (χ0n) is 15.4. The number of carbonyl (C=O) groups is 1. The Balaban J connectivity index is 1.55. The van der Waals surface area contributed by atoms with Gasteiger partial charge in [0.2, 0.25) is 0 Å². The molecule has 0 saturated carbocycles. The van der Waals surface area contributed by atoms with E-state index in [1.54, 1.807) is 21.6 Å². The second kappa shape index (κ2) is 6.35. The van der Waals surface area contributed by atoms with Gasteiger partial charge in [0.1, 0.15) is 0 Å². The van der Waals surface area contributed by atoms with E-state index in [0.29, 0.717) is 22.8 Å². The van der Waals surface area contributed by atoms with Crippen molar-refractivity contribution in [1.29, 1.82) is 0 Å². The average Bonchev–Trinajstić information content (AvgIpc) is 3.29. The summed E-state index contributed by atoms with van der Waals surface area (Å²) in [6.45, 7) is 6.43. The second-order valence-electron chi connectivity index (χ2n) is 7.35. The molecule has 3 heterocycles. The van der Waals surface area contributed by atoms with E-state index in [-0.39, 0.29) is 11.3 Å². The smallest absolute Gasteiger partial charge is 0.256 e. The van der Waals surface area contributed by atoms with Crippen molar-refractivity contribution in [3.8, 4) is 5.82 Å². The van der Waals surface area contributed by atoms with Crippen molar-refractivity contribution >= 4 is 17.4 Å². The lowest BCUT2D eigenvalue weighted by Crippen LogP contribution is -2.14. The Hall–Kier alpha value is -3.48. The van der Waals surface area contributed by atoms with Gasteiger partial charge in [-0.25, -0.2) is 14.2 Å². The van der Waals surface area contributed by atoms with E-state index in [9.17, 15) is 4.79 Å². The lowest BCUT2D eigenvalue weighted by Gasteiger charge is -2.18. The van der Waals surface area contributed by atoms with Gasteiger partial charge in [0, 0.05) is 18.0 Å². The summed E-state index contributed by atoms with van der Waals surface area (Å²) in [7, 11) is 0. The molecule has 0 unspecified atom stereocenters. The molecule has 0 saturated heterocycles. The summed E-state index contributed by atoms with van der Waals surface area (Å²) >= 11 is 0. The van der Waals surface area contributed by atoms with Gasteiger partial charge in [0.05, 0.1) is 6.20 Å². The molecule has 0 spiro atoms. The molecule has 3 aromatic heterocycles. The van der Waals surface area contributed by atoms with E-state index >= 15 is 0 Å². The van der Waals surface area contributed by atoms with E-state index in [1.165, 1.54) is 5.56 Å². The standard InChI is InChI=1S/C20H20N6O/c1-20(2,3)15-7-5-14(6-8-15)19(27)23-16-13-26-17(22-16)9-10-18(24-26)25-12-4-11-21-25/h4-13H,1-3H3,(H,23,27). The number of fused-ring (bicyclic) bond motifs is 1. The van der Waals surface area contributed by atoms with Crippen molar-refractivity contribution in [1.82, 2.24) is 24.4 Å². The number of nitrogens with one attached hydrogen (secondary N) is 1. The lowest BCUT2D eigenvalue weighted by atomic mass is 9.87. The van der Waals surface area contributed by atoms with Crippen LogP contribution in [0.3, 0.4) is 0 Å². The van der Waals surface area contributed by atoms with Gasteiger partial charge in [0.15, 0.2) is 17.3 Å². The van der Waals surface area contributed by atoms with Crippen LogP contribution in [-0.2, 0) is 5.41 Å². The van der Waals surface area contributed by atoms with Crippen LogP contribution < -0.4 is 5.32 Å². The highest BCUT2D eigenvalue weighted by atomic mass is 16.1. The summed E-state index contributed by atoms with van der Waals surface area (Å²) in [6.07, 6.45) is 5.19. The fraction of sp³-hybridized carbons (Fsp3) is 0.200. The maximum absolute atomic E-state index is 12.5. The Bertz CT molecular complexity index is 1090. The third-order valence-electron chi connectivity index (χ3n) is 4.30. The third-order valence-corrected chi connectivity index (χ3v) is 4.30. The molecule has 1 N–H and O–H groups in total. The van der Waals surface area contributed by atoms with Crippen LogP contribution in [-0.4, -0.2) is 30.3 Å². The highest BCUT2D eigenvalue weighted by Crippen LogP contribution is 2.22. The minimum absolute atomic E-state index is 0.0502. The number of amides is 1. The van der Waals surface area contributed by atoms with Gasteiger partial charge in [-0.05, 0) is 41.3 Å². The predicted octanol–water partition coefficient (Wildman–Crippen LogP) is 3.46. The van der Waals surface area contributed by atoms with Gasteiger partial charge in [-0.3, -0.25) is 4.79 Å². The Morgan fingerprint density at radius 3 is 2.52 bits per heavy atom. The van der Waals surface area contributed by atoms with Crippen molar-refractivity contribution < 1.29 is 4.79 Å². The maximum atomic E-state index is 12.5. The molecule has 0 radical (unpaired) electrons. The summed E-state index contributed by atoms with van der Waals surface area (Å²) in [5, 5.41) is 11.5. The molecule has 136 valence electrons. The quantitative estimate of drug-likeness (QED) is 0.607. The molecule has 4 aromatic rings. The second-order valence-corrected chi connectivity index (χ2v) is 7.35. The molecule has 0 fully saturated rings. The molecule has 7 nitrogen and oxygen atoms in total. The fourth-order valence-electron chi connectivity index (χ4n) is 2.77. The minimum atomic E-state index is -0.203. The monoisotopic (exact) mass is 360 g/mol. The fourth-order valence-corrected chi connectivity index (χ4v) is 2.77. The number of imidazole rings is 1. The molecule has 4 rings (SSSR count). The molecule has 0 aliphatic carbocycles. The van der Waals surface area contributed by atoms with Gasteiger partial charge in [-0.2, -0.15) is 5.10 Å². The van der Waals surface area contributed by atoms with Gasteiger partial charge in [-0.15, -0.1) is 5.10 Å². The summed E-state index contributed by atoms with van der Waals surface area (Å²) in [4.78, 5) is 16.9. The van der Waals surface area contributed by atoms with Crippen LogP contribution in [0.2, 0.25) is 0 Å². The molecule has 0 aliphatic rings. The zero-order valence-corrected chi connectivity index (χ0v) is 15.4. The molecule has 1 aromatic carbocycles. The Labute approximate surface area is 156 Å². The van der Waals surface area contributed by atoms with Crippen LogP contribution in [0.15, 0.2) is 61.1 Å². The van der Waals surface area contributed by atoms with Crippen LogP contribution in [0.5, 0.6) is 0 Å².